The topological polar surface area (TPSA) is 12.0 Å². The molecule has 0 amide bonds. The van der Waals surface area contributed by atoms with E-state index in [4.69, 9.17) is 6.42 Å². The van der Waals surface area contributed by atoms with Gasteiger partial charge in [-0.15, -0.1) is 12.3 Å². The van der Waals surface area contributed by atoms with Crippen LogP contribution in [-0.4, -0.2) is 7.05 Å². The summed E-state index contributed by atoms with van der Waals surface area (Å²) in [7, 11) is 1.99. The van der Waals surface area contributed by atoms with Crippen LogP contribution >= 0.6 is 0 Å². The summed E-state index contributed by atoms with van der Waals surface area (Å²) >= 11 is 0. The Morgan fingerprint density at radius 2 is 2.07 bits per heavy atom. The van der Waals surface area contributed by atoms with Crippen molar-refractivity contribution in [2.24, 2.45) is 0 Å². The largest absolute Gasteiger partial charge is 0.313 e. The van der Waals surface area contributed by atoms with Crippen LogP contribution in [0.5, 0.6) is 0 Å². The van der Waals surface area contributed by atoms with E-state index in [0.29, 0.717) is 6.04 Å². The molecule has 14 heavy (non-hydrogen) atoms. The van der Waals surface area contributed by atoms with Crippen molar-refractivity contribution >= 4 is 0 Å². The molecule has 1 unspecified atom stereocenters. The minimum Gasteiger partial charge on any atom is -0.313 e. The molecule has 0 spiro atoms. The monoisotopic (exact) mass is 187 g/mol. The van der Waals surface area contributed by atoms with Gasteiger partial charge in [-0.3, -0.25) is 0 Å². The molecule has 0 bridgehead atoms. The van der Waals surface area contributed by atoms with Crippen LogP contribution in [0.15, 0.2) is 30.3 Å². The smallest absolute Gasteiger partial charge is 0.0317 e. The first-order chi connectivity index (χ1) is 6.88. The maximum absolute atomic E-state index is 5.22. The second kappa shape index (κ2) is 6.23. The third kappa shape index (κ3) is 3.24. The second-order valence-electron chi connectivity index (χ2n) is 3.35. The summed E-state index contributed by atoms with van der Waals surface area (Å²) in [5, 5.41) is 3.31. The van der Waals surface area contributed by atoms with Gasteiger partial charge in [-0.05, 0) is 25.5 Å². The molecule has 74 valence electrons. The van der Waals surface area contributed by atoms with E-state index in [1.807, 2.05) is 13.1 Å². The van der Waals surface area contributed by atoms with Gasteiger partial charge in [0.25, 0.3) is 0 Å². The van der Waals surface area contributed by atoms with Gasteiger partial charge in [0.2, 0.25) is 0 Å². The average molecular weight is 187 g/mol. The summed E-state index contributed by atoms with van der Waals surface area (Å²) in [6.45, 7) is 0. The number of terminal acetylenes is 1. The molecule has 0 heterocycles. The molecule has 1 aromatic carbocycles. The molecular formula is C13H17N. The minimum absolute atomic E-state index is 0.435. The molecule has 0 aliphatic heterocycles. The Hall–Kier alpha value is -1.26. The van der Waals surface area contributed by atoms with Gasteiger partial charge in [0.15, 0.2) is 0 Å². The van der Waals surface area contributed by atoms with Gasteiger partial charge in [0.05, 0.1) is 0 Å². The highest BCUT2D eigenvalue weighted by atomic mass is 14.9. The van der Waals surface area contributed by atoms with Crippen LogP contribution in [0.2, 0.25) is 0 Å². The first kappa shape index (κ1) is 10.8. The van der Waals surface area contributed by atoms with Gasteiger partial charge in [-0.25, -0.2) is 0 Å². The van der Waals surface area contributed by atoms with Crippen molar-refractivity contribution in [3.05, 3.63) is 35.9 Å². The van der Waals surface area contributed by atoms with Crippen LogP contribution < -0.4 is 5.32 Å². The molecule has 1 rings (SSSR count). The maximum Gasteiger partial charge on any atom is 0.0317 e. The summed E-state index contributed by atoms with van der Waals surface area (Å²) < 4.78 is 0. The maximum atomic E-state index is 5.22. The van der Waals surface area contributed by atoms with E-state index in [1.165, 1.54) is 5.56 Å². The number of rotatable bonds is 5. The zero-order chi connectivity index (χ0) is 10.2. The average Bonchev–Trinajstić information content (AvgIpc) is 2.26. The molecule has 0 fully saturated rings. The lowest BCUT2D eigenvalue weighted by atomic mass is 10.0. The highest BCUT2D eigenvalue weighted by molar-refractivity contribution is 5.18. The van der Waals surface area contributed by atoms with Gasteiger partial charge in [0.1, 0.15) is 0 Å². The normalized spacial score (nSPS) is 12.0. The van der Waals surface area contributed by atoms with Crippen LogP contribution in [-0.2, 0) is 0 Å². The molecule has 0 saturated heterocycles. The first-order valence-electron chi connectivity index (χ1n) is 5.04. The lowest BCUT2D eigenvalue weighted by Crippen LogP contribution is -2.15. The number of nitrogens with one attached hydrogen (secondary N) is 1. The van der Waals surface area contributed by atoms with Gasteiger partial charge in [0, 0.05) is 12.5 Å². The molecule has 1 nitrogen and oxygen atoms in total. The SMILES string of the molecule is C#CCCCC(NC)c1ccccc1. The Balaban J connectivity index is 2.51. The van der Waals surface area contributed by atoms with Crippen molar-refractivity contribution in [1.29, 1.82) is 0 Å². The van der Waals surface area contributed by atoms with Crippen molar-refractivity contribution < 1.29 is 0 Å². The molecule has 0 aliphatic carbocycles. The molecule has 0 aliphatic rings. The fourth-order valence-corrected chi connectivity index (χ4v) is 1.57. The number of benzene rings is 1. The quantitative estimate of drug-likeness (QED) is 0.552. The van der Waals surface area contributed by atoms with E-state index in [1.54, 1.807) is 0 Å². The number of hydrogen-bond donors (Lipinski definition) is 1. The van der Waals surface area contributed by atoms with Crippen LogP contribution in [0.3, 0.4) is 0 Å². The lowest BCUT2D eigenvalue weighted by molar-refractivity contribution is 0.532. The molecule has 1 aromatic rings. The van der Waals surface area contributed by atoms with E-state index in [0.717, 1.165) is 19.3 Å². The Morgan fingerprint density at radius 3 is 2.64 bits per heavy atom. The lowest BCUT2D eigenvalue weighted by Gasteiger charge is -2.15. The Bertz CT molecular complexity index is 284. The third-order valence-corrected chi connectivity index (χ3v) is 2.36. The fourth-order valence-electron chi connectivity index (χ4n) is 1.57. The van der Waals surface area contributed by atoms with Crippen LogP contribution in [0, 0.1) is 12.3 Å². The number of hydrogen-bond acceptors (Lipinski definition) is 1. The molecule has 1 N–H and O–H groups in total. The molecule has 0 saturated carbocycles. The summed E-state index contributed by atoms with van der Waals surface area (Å²) in [4.78, 5) is 0. The van der Waals surface area contributed by atoms with Crippen molar-refractivity contribution in [3.63, 3.8) is 0 Å². The predicted molar refractivity (Wildman–Crippen MR) is 60.9 cm³/mol. The Kier molecular flexibility index (Phi) is 4.82. The zero-order valence-electron chi connectivity index (χ0n) is 8.66. The van der Waals surface area contributed by atoms with Crippen molar-refractivity contribution in [2.75, 3.05) is 7.05 Å². The van der Waals surface area contributed by atoms with Crippen LogP contribution in [0.1, 0.15) is 30.9 Å². The summed E-state index contributed by atoms with van der Waals surface area (Å²) in [6, 6.07) is 10.9. The van der Waals surface area contributed by atoms with E-state index < -0.39 is 0 Å². The summed E-state index contributed by atoms with van der Waals surface area (Å²) in [6.07, 6.45) is 8.27. The van der Waals surface area contributed by atoms with Crippen molar-refractivity contribution in [2.45, 2.75) is 25.3 Å². The van der Waals surface area contributed by atoms with Crippen LogP contribution in [0.25, 0.3) is 0 Å². The Morgan fingerprint density at radius 1 is 1.36 bits per heavy atom. The van der Waals surface area contributed by atoms with E-state index in [2.05, 4.69) is 35.5 Å². The standard InChI is InChI=1S/C13H17N/c1-3-4-6-11-13(14-2)12-9-7-5-8-10-12/h1,5,7-10,13-14H,4,6,11H2,2H3. The number of unbranched alkanes of at least 4 members (excludes halogenated alkanes) is 1. The minimum atomic E-state index is 0.435. The van der Waals surface area contributed by atoms with Gasteiger partial charge in [-0.1, -0.05) is 30.3 Å². The summed E-state index contributed by atoms with van der Waals surface area (Å²) in [5.41, 5.74) is 1.34. The first-order valence-corrected chi connectivity index (χ1v) is 5.04. The Labute approximate surface area is 86.5 Å². The third-order valence-electron chi connectivity index (χ3n) is 2.36. The predicted octanol–water partition coefficient (Wildman–Crippen LogP) is 2.75. The molecule has 0 radical (unpaired) electrons. The molecule has 0 aromatic heterocycles. The van der Waals surface area contributed by atoms with Crippen molar-refractivity contribution in [3.8, 4) is 12.3 Å². The molecular weight excluding hydrogens is 170 g/mol. The van der Waals surface area contributed by atoms with Gasteiger partial charge >= 0.3 is 0 Å². The second-order valence-corrected chi connectivity index (χ2v) is 3.35. The fraction of sp³-hybridized carbons (Fsp3) is 0.385. The molecule has 1 heteroatoms. The van der Waals surface area contributed by atoms with Gasteiger partial charge < -0.3 is 5.32 Å². The van der Waals surface area contributed by atoms with E-state index >= 15 is 0 Å². The van der Waals surface area contributed by atoms with E-state index in [9.17, 15) is 0 Å². The highest BCUT2D eigenvalue weighted by Gasteiger charge is 2.06. The highest BCUT2D eigenvalue weighted by Crippen LogP contribution is 2.17. The summed E-state index contributed by atoms with van der Waals surface area (Å²) in [5.74, 6) is 2.67. The zero-order valence-corrected chi connectivity index (χ0v) is 8.66. The van der Waals surface area contributed by atoms with E-state index in [-0.39, 0.29) is 0 Å². The van der Waals surface area contributed by atoms with Crippen molar-refractivity contribution in [1.82, 2.24) is 5.32 Å². The van der Waals surface area contributed by atoms with Gasteiger partial charge in [-0.2, -0.15) is 0 Å². The van der Waals surface area contributed by atoms with Crippen LogP contribution in [0.4, 0.5) is 0 Å². The molecule has 1 atom stereocenters.